The van der Waals surface area contributed by atoms with Crippen LogP contribution >= 0.6 is 0 Å². The van der Waals surface area contributed by atoms with E-state index in [1.165, 1.54) is 0 Å². The fourth-order valence-electron chi connectivity index (χ4n) is 4.66. The van der Waals surface area contributed by atoms with Gasteiger partial charge in [-0.05, 0) is 32.6 Å². The van der Waals surface area contributed by atoms with Crippen molar-refractivity contribution < 1.29 is 14.3 Å². The third-order valence-corrected chi connectivity index (χ3v) is 6.27. The molecular weight excluding hydrogens is 342 g/mol. The van der Waals surface area contributed by atoms with Gasteiger partial charge in [-0.1, -0.05) is 30.3 Å². The van der Waals surface area contributed by atoms with E-state index in [0.29, 0.717) is 12.2 Å². The predicted octanol–water partition coefficient (Wildman–Crippen LogP) is 3.18. The molecule has 0 bridgehead atoms. The van der Waals surface area contributed by atoms with Gasteiger partial charge in [-0.3, -0.25) is 4.79 Å². The molecule has 3 atom stereocenters. The molecule has 1 saturated carbocycles. The maximum absolute atomic E-state index is 13.4. The summed E-state index contributed by atoms with van der Waals surface area (Å²) in [6.45, 7) is 2.60. The van der Waals surface area contributed by atoms with Gasteiger partial charge in [0.15, 0.2) is 0 Å². The fourth-order valence-corrected chi connectivity index (χ4v) is 4.66. The average Bonchev–Trinajstić information content (AvgIpc) is 3.29. The number of aromatic amines is 1. The van der Waals surface area contributed by atoms with Crippen LogP contribution in [0, 0.1) is 6.92 Å². The molecule has 2 aromatic rings. The van der Waals surface area contributed by atoms with Crippen molar-refractivity contribution in [3.63, 3.8) is 0 Å². The Bertz CT molecular complexity index is 819. The van der Waals surface area contributed by atoms with Gasteiger partial charge in [0.2, 0.25) is 0 Å². The molecule has 1 aliphatic carbocycles. The maximum Gasteiger partial charge on any atom is 0.274 e. The number of imidazole rings is 1. The van der Waals surface area contributed by atoms with Crippen LogP contribution in [0.15, 0.2) is 30.3 Å². The number of aryl methyl sites for hydroxylation is 1. The average molecular weight is 369 g/mol. The largest absolute Gasteiger partial charge is 0.381 e. The highest BCUT2D eigenvalue weighted by Gasteiger charge is 2.53. The van der Waals surface area contributed by atoms with E-state index in [0.717, 1.165) is 42.8 Å². The second-order valence-electron chi connectivity index (χ2n) is 7.59. The number of carbonyl (C=O) groups is 1. The number of nitrogens with one attached hydrogen (secondary N) is 1. The summed E-state index contributed by atoms with van der Waals surface area (Å²) in [5.74, 6) is 0.707. The summed E-state index contributed by atoms with van der Waals surface area (Å²) in [7, 11) is 3.51. The summed E-state index contributed by atoms with van der Waals surface area (Å²) in [4.78, 5) is 23.2. The SMILES string of the molecule is CO[C@@H]1CC[C@@]2(OC)CCN(C(=O)c3nc(-c4ccccc4)[nH]c3C)[C@H]2C1. The molecular formula is C21H27N3O3. The molecule has 2 aliphatic rings. The number of H-pyrrole nitrogens is 1. The molecule has 6 nitrogen and oxygen atoms in total. The Kier molecular flexibility index (Phi) is 4.78. The molecule has 1 amide bonds. The molecule has 0 radical (unpaired) electrons. The summed E-state index contributed by atoms with van der Waals surface area (Å²) in [6.07, 6.45) is 3.75. The standard InChI is InChI=1S/C21H27N3O3/c1-14-18(23-19(22-14)15-7-5-4-6-8-15)20(25)24-12-11-21(27-3)10-9-16(26-2)13-17(21)24/h4-8,16-17H,9-13H2,1-3H3,(H,22,23)/t16-,17+,21-/m1/s1. The minimum absolute atomic E-state index is 0.0217. The molecule has 2 heterocycles. The number of amides is 1. The van der Waals surface area contributed by atoms with E-state index in [1.807, 2.05) is 42.2 Å². The highest BCUT2D eigenvalue weighted by Crippen LogP contribution is 2.43. The van der Waals surface area contributed by atoms with E-state index >= 15 is 0 Å². The predicted molar refractivity (Wildman–Crippen MR) is 103 cm³/mol. The van der Waals surface area contributed by atoms with Gasteiger partial charge in [0.05, 0.1) is 17.7 Å². The lowest BCUT2D eigenvalue weighted by Crippen LogP contribution is -2.53. The van der Waals surface area contributed by atoms with Crippen molar-refractivity contribution in [1.29, 1.82) is 0 Å². The van der Waals surface area contributed by atoms with Crippen LogP contribution in [0.2, 0.25) is 0 Å². The number of likely N-dealkylation sites (tertiary alicyclic amines) is 1. The smallest absolute Gasteiger partial charge is 0.274 e. The number of rotatable bonds is 4. The van der Waals surface area contributed by atoms with Gasteiger partial charge in [0.25, 0.3) is 5.91 Å². The minimum atomic E-state index is -0.253. The fraction of sp³-hybridized carbons (Fsp3) is 0.524. The number of hydrogen-bond acceptors (Lipinski definition) is 4. The van der Waals surface area contributed by atoms with Gasteiger partial charge in [-0.15, -0.1) is 0 Å². The van der Waals surface area contributed by atoms with Gasteiger partial charge in [-0.25, -0.2) is 4.98 Å². The molecule has 1 aromatic carbocycles. The van der Waals surface area contributed by atoms with Crippen molar-refractivity contribution >= 4 is 5.91 Å². The zero-order chi connectivity index (χ0) is 19.0. The summed E-state index contributed by atoms with van der Waals surface area (Å²) < 4.78 is 11.5. The minimum Gasteiger partial charge on any atom is -0.381 e. The Morgan fingerprint density at radius 1 is 1.26 bits per heavy atom. The van der Waals surface area contributed by atoms with Crippen LogP contribution in [0.25, 0.3) is 11.4 Å². The van der Waals surface area contributed by atoms with Gasteiger partial charge >= 0.3 is 0 Å². The Labute approximate surface area is 159 Å². The van der Waals surface area contributed by atoms with E-state index in [-0.39, 0.29) is 23.7 Å². The molecule has 4 rings (SSSR count). The molecule has 6 heteroatoms. The van der Waals surface area contributed by atoms with Crippen molar-refractivity contribution in [3.05, 3.63) is 41.7 Å². The zero-order valence-electron chi connectivity index (χ0n) is 16.2. The molecule has 1 N–H and O–H groups in total. The number of fused-ring (bicyclic) bond motifs is 1. The number of carbonyl (C=O) groups excluding carboxylic acids is 1. The van der Waals surface area contributed by atoms with E-state index in [4.69, 9.17) is 9.47 Å². The Hall–Kier alpha value is -2.18. The number of benzene rings is 1. The highest BCUT2D eigenvalue weighted by atomic mass is 16.5. The number of ether oxygens (including phenoxy) is 2. The van der Waals surface area contributed by atoms with Gasteiger partial charge in [-0.2, -0.15) is 0 Å². The summed E-state index contributed by atoms with van der Waals surface area (Å²) in [6, 6.07) is 9.91. The molecule has 1 aliphatic heterocycles. The van der Waals surface area contributed by atoms with E-state index in [9.17, 15) is 4.79 Å². The lowest BCUT2D eigenvalue weighted by molar-refractivity contribution is -0.0894. The van der Waals surface area contributed by atoms with Crippen molar-refractivity contribution in [1.82, 2.24) is 14.9 Å². The van der Waals surface area contributed by atoms with Crippen LogP contribution in [-0.4, -0.2) is 59.3 Å². The Morgan fingerprint density at radius 2 is 2.04 bits per heavy atom. The molecule has 0 spiro atoms. The first kappa shape index (κ1) is 18.2. The second-order valence-corrected chi connectivity index (χ2v) is 7.59. The van der Waals surface area contributed by atoms with Gasteiger partial charge in [0, 0.05) is 32.0 Å². The molecule has 1 aromatic heterocycles. The maximum atomic E-state index is 13.4. The second kappa shape index (κ2) is 7.09. The van der Waals surface area contributed by atoms with Crippen LogP contribution in [-0.2, 0) is 9.47 Å². The zero-order valence-corrected chi connectivity index (χ0v) is 16.2. The Morgan fingerprint density at radius 3 is 2.74 bits per heavy atom. The number of aromatic nitrogens is 2. The van der Waals surface area contributed by atoms with Crippen LogP contribution in [0.3, 0.4) is 0 Å². The topological polar surface area (TPSA) is 67.5 Å². The Balaban J connectivity index is 1.62. The highest BCUT2D eigenvalue weighted by molar-refractivity contribution is 5.94. The first-order valence-corrected chi connectivity index (χ1v) is 9.59. The molecule has 27 heavy (non-hydrogen) atoms. The molecule has 0 unspecified atom stereocenters. The number of methoxy groups -OCH3 is 2. The van der Waals surface area contributed by atoms with Crippen LogP contribution in [0.1, 0.15) is 41.9 Å². The molecule has 1 saturated heterocycles. The monoisotopic (exact) mass is 369 g/mol. The third-order valence-electron chi connectivity index (χ3n) is 6.27. The summed E-state index contributed by atoms with van der Waals surface area (Å²) in [5, 5.41) is 0. The summed E-state index contributed by atoms with van der Waals surface area (Å²) >= 11 is 0. The van der Waals surface area contributed by atoms with Gasteiger partial charge < -0.3 is 19.4 Å². The molecule has 2 fully saturated rings. The normalized spacial score (nSPS) is 27.6. The number of hydrogen-bond donors (Lipinski definition) is 1. The molecule has 144 valence electrons. The van der Waals surface area contributed by atoms with Crippen LogP contribution in [0.5, 0.6) is 0 Å². The van der Waals surface area contributed by atoms with Crippen molar-refractivity contribution in [2.45, 2.75) is 50.4 Å². The van der Waals surface area contributed by atoms with E-state index in [1.54, 1.807) is 14.2 Å². The lowest BCUT2D eigenvalue weighted by atomic mass is 9.79. The van der Waals surface area contributed by atoms with E-state index < -0.39 is 0 Å². The summed E-state index contributed by atoms with van der Waals surface area (Å²) in [5.41, 5.74) is 2.02. The third kappa shape index (κ3) is 3.07. The van der Waals surface area contributed by atoms with Crippen LogP contribution < -0.4 is 0 Å². The number of nitrogens with zero attached hydrogens (tertiary/aromatic N) is 2. The lowest BCUT2D eigenvalue weighted by Gasteiger charge is -2.43. The van der Waals surface area contributed by atoms with Crippen molar-refractivity contribution in [3.8, 4) is 11.4 Å². The first-order chi connectivity index (χ1) is 13.1. The van der Waals surface area contributed by atoms with Crippen molar-refractivity contribution in [2.75, 3.05) is 20.8 Å². The van der Waals surface area contributed by atoms with Gasteiger partial charge in [0.1, 0.15) is 11.5 Å². The van der Waals surface area contributed by atoms with Crippen molar-refractivity contribution in [2.24, 2.45) is 0 Å². The van der Waals surface area contributed by atoms with E-state index in [2.05, 4.69) is 9.97 Å². The first-order valence-electron chi connectivity index (χ1n) is 9.59. The van der Waals surface area contributed by atoms with Crippen LogP contribution in [0.4, 0.5) is 0 Å². The quantitative estimate of drug-likeness (QED) is 0.899.